The van der Waals surface area contributed by atoms with Gasteiger partial charge in [-0.2, -0.15) is 0 Å². The van der Waals surface area contributed by atoms with Crippen molar-refractivity contribution in [2.45, 2.75) is 0 Å². The molecular formula is C10H7BrF2O2. The van der Waals surface area contributed by atoms with Gasteiger partial charge in [0.05, 0.1) is 5.56 Å². The molecule has 1 aromatic carbocycles. The number of halogens is 3. The molecule has 0 aliphatic carbocycles. The van der Waals surface area contributed by atoms with E-state index in [1.54, 1.807) is 6.08 Å². The third-order valence-electron chi connectivity index (χ3n) is 1.70. The van der Waals surface area contributed by atoms with Crippen LogP contribution in [-0.4, -0.2) is 16.4 Å². The van der Waals surface area contributed by atoms with Gasteiger partial charge in [-0.1, -0.05) is 28.1 Å². The standard InChI is InChI=1S/C10H7BrF2O2/c11-3-1-2-6-4-7(10(14)15)9(13)5-8(6)12/h1-2,4-5H,3H2,(H,14,15). The summed E-state index contributed by atoms with van der Waals surface area (Å²) in [6.07, 6.45) is 2.97. The number of hydrogen-bond donors (Lipinski definition) is 1. The topological polar surface area (TPSA) is 37.3 Å². The van der Waals surface area contributed by atoms with Gasteiger partial charge in [-0.05, 0) is 6.07 Å². The van der Waals surface area contributed by atoms with Crippen molar-refractivity contribution in [2.24, 2.45) is 0 Å². The first kappa shape index (κ1) is 11.8. The number of benzene rings is 1. The molecule has 0 atom stereocenters. The molecule has 15 heavy (non-hydrogen) atoms. The summed E-state index contributed by atoms with van der Waals surface area (Å²) in [4.78, 5) is 10.6. The first-order valence-corrected chi connectivity index (χ1v) is 5.13. The van der Waals surface area contributed by atoms with E-state index in [4.69, 9.17) is 5.11 Å². The summed E-state index contributed by atoms with van der Waals surface area (Å²) in [6, 6.07) is 1.53. The molecule has 5 heteroatoms. The van der Waals surface area contributed by atoms with E-state index in [1.165, 1.54) is 6.08 Å². The Morgan fingerprint density at radius 1 is 1.40 bits per heavy atom. The van der Waals surface area contributed by atoms with Crippen molar-refractivity contribution in [1.29, 1.82) is 0 Å². The first-order valence-electron chi connectivity index (χ1n) is 4.01. The Morgan fingerprint density at radius 2 is 2.07 bits per heavy atom. The highest BCUT2D eigenvalue weighted by Crippen LogP contribution is 2.16. The number of aromatic carboxylic acids is 1. The van der Waals surface area contributed by atoms with Gasteiger partial charge in [-0.15, -0.1) is 0 Å². The normalized spacial score (nSPS) is 10.9. The minimum Gasteiger partial charge on any atom is -0.478 e. The fourth-order valence-corrected chi connectivity index (χ4v) is 1.22. The molecule has 0 saturated heterocycles. The number of alkyl halides is 1. The summed E-state index contributed by atoms with van der Waals surface area (Å²) < 4.78 is 26.1. The lowest BCUT2D eigenvalue weighted by Crippen LogP contribution is -2.02. The molecule has 0 aromatic heterocycles. The van der Waals surface area contributed by atoms with Crippen LogP contribution in [0.3, 0.4) is 0 Å². The predicted molar refractivity (Wildman–Crippen MR) is 56.1 cm³/mol. The highest BCUT2D eigenvalue weighted by molar-refractivity contribution is 9.09. The lowest BCUT2D eigenvalue weighted by Gasteiger charge is -2.01. The van der Waals surface area contributed by atoms with Crippen molar-refractivity contribution >= 4 is 28.0 Å². The van der Waals surface area contributed by atoms with Crippen LogP contribution in [0.2, 0.25) is 0 Å². The van der Waals surface area contributed by atoms with Gasteiger partial charge < -0.3 is 5.11 Å². The second-order valence-corrected chi connectivity index (χ2v) is 3.36. The van der Waals surface area contributed by atoms with Gasteiger partial charge in [0.1, 0.15) is 11.6 Å². The Hall–Kier alpha value is -1.23. The van der Waals surface area contributed by atoms with Crippen LogP contribution < -0.4 is 0 Å². The monoisotopic (exact) mass is 276 g/mol. The van der Waals surface area contributed by atoms with Crippen LogP contribution in [0.15, 0.2) is 18.2 Å². The largest absolute Gasteiger partial charge is 0.478 e. The van der Waals surface area contributed by atoms with E-state index in [2.05, 4.69) is 15.9 Å². The average molecular weight is 277 g/mol. The molecule has 0 radical (unpaired) electrons. The van der Waals surface area contributed by atoms with Gasteiger partial charge in [0.15, 0.2) is 0 Å². The lowest BCUT2D eigenvalue weighted by atomic mass is 10.1. The second-order valence-electron chi connectivity index (χ2n) is 2.72. The molecule has 80 valence electrons. The molecule has 2 nitrogen and oxygen atoms in total. The SMILES string of the molecule is O=C(O)c1cc(C=CCBr)c(F)cc1F. The molecule has 0 amide bonds. The van der Waals surface area contributed by atoms with Crippen molar-refractivity contribution in [3.05, 3.63) is 41.0 Å². The van der Waals surface area contributed by atoms with Crippen molar-refractivity contribution in [1.82, 2.24) is 0 Å². The van der Waals surface area contributed by atoms with Gasteiger partial charge in [-0.3, -0.25) is 0 Å². The van der Waals surface area contributed by atoms with E-state index in [0.29, 0.717) is 11.4 Å². The number of carbonyl (C=O) groups is 1. The number of carboxylic acid groups (broad SMARTS) is 1. The Balaban J connectivity index is 3.23. The molecule has 0 bridgehead atoms. The van der Waals surface area contributed by atoms with Crippen LogP contribution in [0.4, 0.5) is 8.78 Å². The van der Waals surface area contributed by atoms with Crippen molar-refractivity contribution < 1.29 is 18.7 Å². The molecule has 0 saturated carbocycles. The van der Waals surface area contributed by atoms with Gasteiger partial charge >= 0.3 is 5.97 Å². The van der Waals surface area contributed by atoms with Crippen molar-refractivity contribution in [3.8, 4) is 0 Å². The molecule has 0 aliphatic rings. The maximum atomic E-state index is 13.1. The van der Waals surface area contributed by atoms with Crippen LogP contribution in [0.1, 0.15) is 15.9 Å². The summed E-state index contributed by atoms with van der Waals surface area (Å²) >= 11 is 3.09. The van der Waals surface area contributed by atoms with Crippen molar-refractivity contribution in [2.75, 3.05) is 5.33 Å². The Labute approximate surface area is 93.4 Å². The molecule has 0 spiro atoms. The van der Waals surface area contributed by atoms with E-state index in [0.717, 1.165) is 6.07 Å². The van der Waals surface area contributed by atoms with Gasteiger partial charge in [0.25, 0.3) is 0 Å². The third kappa shape index (κ3) is 2.86. The zero-order valence-corrected chi connectivity index (χ0v) is 9.09. The summed E-state index contributed by atoms with van der Waals surface area (Å²) in [5.74, 6) is -3.27. The Morgan fingerprint density at radius 3 is 2.60 bits per heavy atom. The molecule has 1 N–H and O–H groups in total. The Kier molecular flexibility index (Phi) is 3.96. The van der Waals surface area contributed by atoms with Crippen LogP contribution in [-0.2, 0) is 0 Å². The maximum absolute atomic E-state index is 13.1. The first-order chi connectivity index (χ1) is 7.06. The number of allylic oxidation sites excluding steroid dienone is 1. The van der Waals surface area contributed by atoms with E-state index in [-0.39, 0.29) is 5.56 Å². The number of carboxylic acids is 1. The van der Waals surface area contributed by atoms with E-state index in [1.807, 2.05) is 0 Å². The van der Waals surface area contributed by atoms with Crippen LogP contribution in [0.5, 0.6) is 0 Å². The zero-order chi connectivity index (χ0) is 11.4. The zero-order valence-electron chi connectivity index (χ0n) is 7.51. The minimum atomic E-state index is -1.42. The molecule has 0 unspecified atom stereocenters. The summed E-state index contributed by atoms with van der Waals surface area (Å²) in [6.45, 7) is 0. The van der Waals surface area contributed by atoms with E-state index >= 15 is 0 Å². The van der Waals surface area contributed by atoms with Gasteiger partial charge in [0.2, 0.25) is 0 Å². The van der Waals surface area contributed by atoms with Crippen molar-refractivity contribution in [3.63, 3.8) is 0 Å². The number of hydrogen-bond acceptors (Lipinski definition) is 1. The van der Waals surface area contributed by atoms with Crippen LogP contribution >= 0.6 is 15.9 Å². The predicted octanol–water partition coefficient (Wildman–Crippen LogP) is 3.07. The molecular weight excluding hydrogens is 270 g/mol. The molecule has 0 fully saturated rings. The summed E-state index contributed by atoms with van der Waals surface area (Å²) in [5, 5.41) is 9.12. The average Bonchev–Trinajstić information content (AvgIpc) is 2.16. The van der Waals surface area contributed by atoms with Gasteiger partial charge in [-0.25, -0.2) is 13.6 Å². The highest BCUT2D eigenvalue weighted by atomic mass is 79.9. The fourth-order valence-electron chi connectivity index (χ4n) is 1.03. The molecule has 1 aromatic rings. The van der Waals surface area contributed by atoms with E-state index < -0.39 is 23.2 Å². The van der Waals surface area contributed by atoms with Crippen LogP contribution in [0.25, 0.3) is 6.08 Å². The van der Waals surface area contributed by atoms with Crippen LogP contribution in [0, 0.1) is 11.6 Å². The minimum absolute atomic E-state index is 0.0493. The highest BCUT2D eigenvalue weighted by Gasteiger charge is 2.13. The molecule has 0 heterocycles. The molecule has 0 aliphatic heterocycles. The summed E-state index contributed by atoms with van der Waals surface area (Å²) in [5.41, 5.74) is -0.487. The fraction of sp³-hybridized carbons (Fsp3) is 0.100. The second kappa shape index (κ2) is 5.02. The smallest absolute Gasteiger partial charge is 0.338 e. The molecule has 1 rings (SSSR count). The summed E-state index contributed by atoms with van der Waals surface area (Å²) in [7, 11) is 0. The third-order valence-corrected chi connectivity index (χ3v) is 2.08. The quantitative estimate of drug-likeness (QED) is 0.862. The van der Waals surface area contributed by atoms with E-state index in [9.17, 15) is 13.6 Å². The Bertz CT molecular complexity index is 416. The lowest BCUT2D eigenvalue weighted by molar-refractivity contribution is 0.0691. The maximum Gasteiger partial charge on any atom is 0.338 e. The van der Waals surface area contributed by atoms with Gasteiger partial charge in [0, 0.05) is 17.0 Å². The number of rotatable bonds is 3.